The molecule has 1 amide bonds. The quantitative estimate of drug-likeness (QED) is 0.873. The Bertz CT molecular complexity index is 711. The Kier molecular flexibility index (Phi) is 3.87. The molecule has 0 aromatic carbocycles. The first kappa shape index (κ1) is 15.6. The number of hydrogen-bond acceptors (Lipinski definition) is 5. The average molecular weight is 317 g/mol. The minimum absolute atomic E-state index is 0.247. The minimum atomic E-state index is -0.463. The molecule has 7 heteroatoms. The maximum atomic E-state index is 12.1. The molecule has 0 atom stereocenters. The molecule has 1 fully saturated rings. The molecule has 0 unspecified atom stereocenters. The first-order chi connectivity index (χ1) is 10.8. The second kappa shape index (κ2) is 5.72. The number of carbonyl (C=O) groups excluding carboxylic acids is 1. The smallest absolute Gasteiger partial charge is 0.410 e. The second-order valence-corrected chi connectivity index (χ2v) is 6.85. The summed E-state index contributed by atoms with van der Waals surface area (Å²) in [7, 11) is 0. The van der Waals surface area contributed by atoms with Crippen LogP contribution in [0.3, 0.4) is 0 Å². The van der Waals surface area contributed by atoms with Gasteiger partial charge in [-0.25, -0.2) is 14.8 Å². The lowest BCUT2D eigenvalue weighted by Crippen LogP contribution is -2.50. The Hall–Kier alpha value is -2.31. The highest BCUT2D eigenvalue weighted by Crippen LogP contribution is 2.26. The number of piperazine rings is 1. The zero-order valence-corrected chi connectivity index (χ0v) is 14.1. The fourth-order valence-electron chi connectivity index (χ4n) is 2.76. The van der Waals surface area contributed by atoms with Crippen LogP contribution in [0, 0.1) is 6.92 Å². The molecule has 3 rings (SSSR count). The van der Waals surface area contributed by atoms with Crippen molar-refractivity contribution in [1.29, 1.82) is 0 Å². The van der Waals surface area contributed by atoms with Crippen molar-refractivity contribution < 1.29 is 9.53 Å². The van der Waals surface area contributed by atoms with Gasteiger partial charge in [-0.2, -0.15) is 0 Å². The van der Waals surface area contributed by atoms with Crippen LogP contribution < -0.4 is 4.90 Å². The van der Waals surface area contributed by atoms with E-state index in [0.29, 0.717) is 13.1 Å². The lowest BCUT2D eigenvalue weighted by atomic mass is 10.2. The molecule has 1 aliphatic heterocycles. The van der Waals surface area contributed by atoms with E-state index in [1.165, 1.54) is 0 Å². The van der Waals surface area contributed by atoms with Crippen LogP contribution in [0.4, 0.5) is 10.6 Å². The third-order valence-electron chi connectivity index (χ3n) is 3.88. The number of anilines is 1. The summed E-state index contributed by atoms with van der Waals surface area (Å²) >= 11 is 0. The normalized spacial score (nSPS) is 16.0. The van der Waals surface area contributed by atoms with E-state index in [-0.39, 0.29) is 6.09 Å². The van der Waals surface area contributed by atoms with E-state index in [4.69, 9.17) is 4.74 Å². The molecule has 0 aliphatic carbocycles. The van der Waals surface area contributed by atoms with Crippen molar-refractivity contribution in [2.24, 2.45) is 0 Å². The Morgan fingerprint density at radius 2 is 1.91 bits per heavy atom. The summed E-state index contributed by atoms with van der Waals surface area (Å²) in [5, 5.41) is 1.05. The molecular formula is C16H23N5O2. The van der Waals surface area contributed by atoms with Gasteiger partial charge in [-0.15, -0.1) is 0 Å². The summed E-state index contributed by atoms with van der Waals surface area (Å²) in [6.45, 7) is 10.4. The molecular weight excluding hydrogens is 294 g/mol. The molecule has 3 heterocycles. The first-order valence-corrected chi connectivity index (χ1v) is 7.87. The highest BCUT2D eigenvalue weighted by atomic mass is 16.6. The summed E-state index contributed by atoms with van der Waals surface area (Å²) in [5.74, 6) is 0.928. The number of nitrogens with zero attached hydrogens (tertiary/aromatic N) is 4. The number of amides is 1. The predicted molar refractivity (Wildman–Crippen MR) is 88.6 cm³/mol. The van der Waals surface area contributed by atoms with Crippen molar-refractivity contribution >= 4 is 22.9 Å². The molecule has 2 aromatic rings. The van der Waals surface area contributed by atoms with Gasteiger partial charge in [0.25, 0.3) is 0 Å². The van der Waals surface area contributed by atoms with Gasteiger partial charge in [0.1, 0.15) is 23.4 Å². The van der Waals surface area contributed by atoms with E-state index < -0.39 is 5.60 Å². The van der Waals surface area contributed by atoms with E-state index >= 15 is 0 Å². The van der Waals surface area contributed by atoms with E-state index in [9.17, 15) is 4.79 Å². The summed E-state index contributed by atoms with van der Waals surface area (Å²) in [5.41, 5.74) is 1.52. The van der Waals surface area contributed by atoms with Gasteiger partial charge < -0.3 is 19.5 Å². The largest absolute Gasteiger partial charge is 0.444 e. The van der Waals surface area contributed by atoms with Crippen molar-refractivity contribution in [2.45, 2.75) is 33.3 Å². The highest BCUT2D eigenvalue weighted by molar-refractivity contribution is 5.90. The third kappa shape index (κ3) is 3.23. The van der Waals surface area contributed by atoms with Crippen LogP contribution in [-0.2, 0) is 4.74 Å². The fourth-order valence-corrected chi connectivity index (χ4v) is 2.76. The number of hydrogen-bond donors (Lipinski definition) is 1. The van der Waals surface area contributed by atoms with E-state index in [1.807, 2.05) is 33.9 Å². The Morgan fingerprint density at radius 3 is 2.57 bits per heavy atom. The van der Waals surface area contributed by atoms with Gasteiger partial charge in [0.05, 0.1) is 5.39 Å². The van der Waals surface area contributed by atoms with Gasteiger partial charge in [0.2, 0.25) is 0 Å². The minimum Gasteiger partial charge on any atom is -0.444 e. The Morgan fingerprint density at radius 1 is 1.22 bits per heavy atom. The van der Waals surface area contributed by atoms with Crippen molar-refractivity contribution in [3.05, 3.63) is 18.1 Å². The average Bonchev–Trinajstić information content (AvgIpc) is 2.87. The van der Waals surface area contributed by atoms with Crippen LogP contribution in [-0.4, -0.2) is 57.7 Å². The van der Waals surface area contributed by atoms with E-state index in [0.717, 1.165) is 35.5 Å². The zero-order chi connectivity index (χ0) is 16.6. The number of carbonyl (C=O) groups is 1. The van der Waals surface area contributed by atoms with Gasteiger partial charge in [-0.05, 0) is 33.3 Å². The molecule has 1 saturated heterocycles. The van der Waals surface area contributed by atoms with E-state index in [2.05, 4.69) is 19.9 Å². The third-order valence-corrected chi connectivity index (χ3v) is 3.88. The number of aromatic amines is 1. The van der Waals surface area contributed by atoms with Crippen LogP contribution in [0.15, 0.2) is 12.5 Å². The van der Waals surface area contributed by atoms with Crippen molar-refractivity contribution in [3.63, 3.8) is 0 Å². The topological polar surface area (TPSA) is 74.4 Å². The fraction of sp³-hybridized carbons (Fsp3) is 0.562. The maximum Gasteiger partial charge on any atom is 0.410 e. The van der Waals surface area contributed by atoms with Gasteiger partial charge in [0, 0.05) is 32.4 Å². The molecule has 1 N–H and O–H groups in total. The standard InChI is InChI=1S/C16H23N5O2/c1-11-9-17-13-12(11)14(19-10-18-13)20-5-7-21(8-6-20)15(22)23-16(2,3)4/h9-10H,5-8H2,1-4H3,(H,17,18,19). The molecule has 124 valence electrons. The zero-order valence-electron chi connectivity index (χ0n) is 14.1. The number of rotatable bonds is 1. The van der Waals surface area contributed by atoms with Gasteiger partial charge in [-0.3, -0.25) is 0 Å². The molecule has 2 aromatic heterocycles. The molecule has 23 heavy (non-hydrogen) atoms. The predicted octanol–water partition coefficient (Wildman–Crippen LogP) is 2.32. The SMILES string of the molecule is Cc1c[nH]c2ncnc(N3CCN(C(=O)OC(C)(C)C)CC3)c12. The molecule has 0 bridgehead atoms. The number of aromatic nitrogens is 3. The van der Waals surface area contributed by atoms with Crippen LogP contribution >= 0.6 is 0 Å². The maximum absolute atomic E-state index is 12.1. The number of fused-ring (bicyclic) bond motifs is 1. The number of H-pyrrole nitrogens is 1. The molecule has 0 saturated carbocycles. The monoisotopic (exact) mass is 317 g/mol. The van der Waals surface area contributed by atoms with Gasteiger partial charge in [-0.1, -0.05) is 0 Å². The molecule has 7 nitrogen and oxygen atoms in total. The van der Waals surface area contributed by atoms with Crippen LogP contribution in [0.25, 0.3) is 11.0 Å². The number of aryl methyl sites for hydroxylation is 1. The van der Waals surface area contributed by atoms with Crippen molar-refractivity contribution in [3.8, 4) is 0 Å². The van der Waals surface area contributed by atoms with Gasteiger partial charge in [0.15, 0.2) is 0 Å². The first-order valence-electron chi connectivity index (χ1n) is 7.87. The molecule has 0 spiro atoms. The van der Waals surface area contributed by atoms with Crippen LogP contribution in [0.5, 0.6) is 0 Å². The van der Waals surface area contributed by atoms with Crippen molar-refractivity contribution in [2.75, 3.05) is 31.1 Å². The summed E-state index contributed by atoms with van der Waals surface area (Å²) in [6.07, 6.45) is 3.27. The van der Waals surface area contributed by atoms with Gasteiger partial charge >= 0.3 is 6.09 Å². The Balaban J connectivity index is 1.71. The second-order valence-electron chi connectivity index (χ2n) is 6.85. The lowest BCUT2D eigenvalue weighted by Gasteiger charge is -2.36. The highest BCUT2D eigenvalue weighted by Gasteiger charge is 2.27. The summed E-state index contributed by atoms with van der Waals surface area (Å²) in [4.78, 5) is 28.0. The summed E-state index contributed by atoms with van der Waals surface area (Å²) in [6, 6.07) is 0. The number of ether oxygens (including phenoxy) is 1. The molecule has 0 radical (unpaired) electrons. The Labute approximate surface area is 135 Å². The van der Waals surface area contributed by atoms with Crippen LogP contribution in [0.1, 0.15) is 26.3 Å². The van der Waals surface area contributed by atoms with Crippen molar-refractivity contribution in [1.82, 2.24) is 19.9 Å². The van der Waals surface area contributed by atoms with Crippen LogP contribution in [0.2, 0.25) is 0 Å². The van der Waals surface area contributed by atoms with E-state index in [1.54, 1.807) is 11.2 Å². The lowest BCUT2D eigenvalue weighted by molar-refractivity contribution is 0.0240. The molecule has 1 aliphatic rings. The summed E-state index contributed by atoms with van der Waals surface area (Å²) < 4.78 is 5.43. The number of nitrogens with one attached hydrogen (secondary N) is 1.